The lowest BCUT2D eigenvalue weighted by Crippen LogP contribution is -2.03. The van der Waals surface area contributed by atoms with Crippen molar-refractivity contribution in [2.45, 2.75) is 16.9 Å². The van der Waals surface area contributed by atoms with Crippen molar-refractivity contribution in [1.29, 1.82) is 0 Å². The van der Waals surface area contributed by atoms with E-state index in [1.54, 1.807) is 24.3 Å². The molecular formula is C17H18F3NO3S. The molecule has 0 fully saturated rings. The second-order valence-electron chi connectivity index (χ2n) is 4.96. The van der Waals surface area contributed by atoms with E-state index < -0.39 is 5.51 Å². The minimum absolute atomic E-state index is 0.131. The normalized spacial score (nSPS) is 11.1. The number of hydrogen-bond donors (Lipinski definition) is 1. The van der Waals surface area contributed by atoms with Crippen molar-refractivity contribution in [1.82, 2.24) is 0 Å². The molecule has 136 valence electrons. The molecule has 2 aromatic rings. The van der Waals surface area contributed by atoms with Gasteiger partial charge in [-0.25, -0.2) is 0 Å². The van der Waals surface area contributed by atoms with Crippen LogP contribution in [0, 0.1) is 0 Å². The Morgan fingerprint density at radius 3 is 2.12 bits per heavy atom. The Kier molecular flexibility index (Phi) is 6.30. The summed E-state index contributed by atoms with van der Waals surface area (Å²) in [5.41, 5.74) is -2.88. The maximum absolute atomic E-state index is 12.5. The standard InChI is InChI=1S/C17H18F3NO3S/c1-22-14-8-12(9-15(23-2)16(14)24-3)21-10-11-5-4-6-13(7-11)25-17(18,19)20/h4-9,21H,10H2,1-3H3. The lowest BCUT2D eigenvalue weighted by Gasteiger charge is -2.15. The fourth-order valence-corrected chi connectivity index (χ4v) is 2.86. The summed E-state index contributed by atoms with van der Waals surface area (Å²) in [7, 11) is 4.54. The number of halogens is 3. The van der Waals surface area contributed by atoms with Crippen LogP contribution in [0.25, 0.3) is 0 Å². The fourth-order valence-electron chi connectivity index (χ4n) is 2.24. The highest BCUT2D eigenvalue weighted by atomic mass is 32.2. The number of nitrogens with one attached hydrogen (secondary N) is 1. The van der Waals surface area contributed by atoms with Gasteiger partial charge in [-0.1, -0.05) is 12.1 Å². The van der Waals surface area contributed by atoms with E-state index in [0.717, 1.165) is 5.56 Å². The summed E-state index contributed by atoms with van der Waals surface area (Å²) >= 11 is -0.131. The molecule has 0 aliphatic heterocycles. The van der Waals surface area contributed by atoms with Gasteiger partial charge < -0.3 is 19.5 Å². The van der Waals surface area contributed by atoms with Crippen LogP contribution >= 0.6 is 11.8 Å². The third-order valence-electron chi connectivity index (χ3n) is 3.29. The summed E-state index contributed by atoms with van der Waals surface area (Å²) in [5.74, 6) is 1.45. The van der Waals surface area contributed by atoms with Gasteiger partial charge in [0, 0.05) is 29.3 Å². The van der Waals surface area contributed by atoms with E-state index >= 15 is 0 Å². The zero-order valence-electron chi connectivity index (χ0n) is 13.9. The first kappa shape index (κ1) is 19.1. The lowest BCUT2D eigenvalue weighted by molar-refractivity contribution is -0.0328. The molecule has 2 rings (SSSR count). The second kappa shape index (κ2) is 8.24. The third kappa shape index (κ3) is 5.38. The van der Waals surface area contributed by atoms with Crippen LogP contribution in [0.4, 0.5) is 18.9 Å². The Balaban J connectivity index is 2.15. The highest BCUT2D eigenvalue weighted by molar-refractivity contribution is 8.00. The van der Waals surface area contributed by atoms with Gasteiger partial charge in [-0.2, -0.15) is 13.2 Å². The zero-order chi connectivity index (χ0) is 18.4. The largest absolute Gasteiger partial charge is 0.493 e. The van der Waals surface area contributed by atoms with E-state index in [0.29, 0.717) is 29.5 Å². The Hall–Kier alpha value is -2.22. The Morgan fingerprint density at radius 2 is 1.60 bits per heavy atom. The Morgan fingerprint density at radius 1 is 0.960 bits per heavy atom. The second-order valence-corrected chi connectivity index (χ2v) is 6.10. The molecule has 0 unspecified atom stereocenters. The average Bonchev–Trinajstić information content (AvgIpc) is 2.57. The van der Waals surface area contributed by atoms with E-state index in [1.807, 2.05) is 0 Å². The molecule has 0 heterocycles. The van der Waals surface area contributed by atoms with Crippen molar-refractivity contribution in [2.75, 3.05) is 26.6 Å². The highest BCUT2D eigenvalue weighted by Gasteiger charge is 2.29. The van der Waals surface area contributed by atoms with E-state index in [2.05, 4.69) is 5.32 Å². The van der Waals surface area contributed by atoms with E-state index in [4.69, 9.17) is 14.2 Å². The first-order valence-electron chi connectivity index (χ1n) is 7.25. The summed E-state index contributed by atoms with van der Waals surface area (Å²) in [5, 5.41) is 3.15. The van der Waals surface area contributed by atoms with Gasteiger partial charge in [0.15, 0.2) is 11.5 Å². The molecule has 0 bridgehead atoms. The molecule has 0 aromatic heterocycles. The smallest absolute Gasteiger partial charge is 0.446 e. The molecule has 0 spiro atoms. The van der Waals surface area contributed by atoms with E-state index in [1.165, 1.54) is 33.5 Å². The van der Waals surface area contributed by atoms with Crippen molar-refractivity contribution < 1.29 is 27.4 Å². The number of methoxy groups -OCH3 is 3. The van der Waals surface area contributed by atoms with Gasteiger partial charge in [0.05, 0.1) is 21.3 Å². The molecule has 0 radical (unpaired) electrons. The number of anilines is 1. The number of alkyl halides is 3. The van der Waals surface area contributed by atoms with Crippen LogP contribution in [0.2, 0.25) is 0 Å². The van der Waals surface area contributed by atoms with Crippen LogP contribution in [0.1, 0.15) is 5.56 Å². The molecule has 8 heteroatoms. The van der Waals surface area contributed by atoms with E-state index in [9.17, 15) is 13.2 Å². The van der Waals surface area contributed by atoms with Crippen LogP contribution in [0.5, 0.6) is 17.2 Å². The van der Waals surface area contributed by atoms with Gasteiger partial charge in [0.2, 0.25) is 5.75 Å². The minimum atomic E-state index is -4.30. The third-order valence-corrected chi connectivity index (χ3v) is 4.01. The summed E-state index contributed by atoms with van der Waals surface area (Å²) in [6.45, 7) is 0.352. The lowest BCUT2D eigenvalue weighted by atomic mass is 10.2. The van der Waals surface area contributed by atoms with Gasteiger partial charge in [0.1, 0.15) is 0 Å². The van der Waals surface area contributed by atoms with Gasteiger partial charge in [-0.15, -0.1) is 0 Å². The topological polar surface area (TPSA) is 39.7 Å². The number of rotatable bonds is 7. The van der Waals surface area contributed by atoms with Crippen molar-refractivity contribution in [3.63, 3.8) is 0 Å². The van der Waals surface area contributed by atoms with Crippen LogP contribution in [0.3, 0.4) is 0 Å². The number of thioether (sulfide) groups is 1. The van der Waals surface area contributed by atoms with Crippen LogP contribution in [0.15, 0.2) is 41.3 Å². The van der Waals surface area contributed by atoms with Crippen molar-refractivity contribution in [3.05, 3.63) is 42.0 Å². The van der Waals surface area contributed by atoms with Gasteiger partial charge in [-0.05, 0) is 29.5 Å². The van der Waals surface area contributed by atoms with Crippen molar-refractivity contribution in [3.8, 4) is 17.2 Å². The molecule has 2 aromatic carbocycles. The van der Waals surface area contributed by atoms with Gasteiger partial charge >= 0.3 is 5.51 Å². The Labute approximate surface area is 148 Å². The molecular weight excluding hydrogens is 355 g/mol. The molecule has 0 saturated carbocycles. The van der Waals surface area contributed by atoms with E-state index in [-0.39, 0.29) is 16.7 Å². The highest BCUT2D eigenvalue weighted by Crippen LogP contribution is 2.40. The predicted octanol–water partition coefficient (Wildman–Crippen LogP) is 4.94. The number of ether oxygens (including phenoxy) is 3. The minimum Gasteiger partial charge on any atom is -0.493 e. The maximum Gasteiger partial charge on any atom is 0.446 e. The van der Waals surface area contributed by atoms with Gasteiger partial charge in [0.25, 0.3) is 0 Å². The molecule has 4 nitrogen and oxygen atoms in total. The van der Waals surface area contributed by atoms with Crippen molar-refractivity contribution in [2.24, 2.45) is 0 Å². The molecule has 0 amide bonds. The van der Waals surface area contributed by atoms with Crippen LogP contribution in [-0.2, 0) is 6.54 Å². The molecule has 0 aliphatic rings. The quantitative estimate of drug-likeness (QED) is 0.697. The first-order chi connectivity index (χ1) is 11.9. The van der Waals surface area contributed by atoms with Crippen LogP contribution in [-0.4, -0.2) is 26.8 Å². The van der Waals surface area contributed by atoms with Crippen LogP contribution < -0.4 is 19.5 Å². The molecule has 0 saturated heterocycles. The molecule has 25 heavy (non-hydrogen) atoms. The predicted molar refractivity (Wildman–Crippen MR) is 91.8 cm³/mol. The summed E-state index contributed by atoms with van der Waals surface area (Å²) in [6.07, 6.45) is 0. The number of benzene rings is 2. The molecule has 0 aliphatic carbocycles. The van der Waals surface area contributed by atoms with Gasteiger partial charge in [-0.3, -0.25) is 0 Å². The first-order valence-corrected chi connectivity index (χ1v) is 8.06. The monoisotopic (exact) mass is 373 g/mol. The molecule has 1 N–H and O–H groups in total. The maximum atomic E-state index is 12.5. The Bertz CT molecular complexity index is 698. The summed E-state index contributed by atoms with van der Waals surface area (Å²) < 4.78 is 53.2. The number of hydrogen-bond acceptors (Lipinski definition) is 5. The SMILES string of the molecule is COc1cc(NCc2cccc(SC(F)(F)F)c2)cc(OC)c1OC. The van der Waals surface area contributed by atoms with Crippen molar-refractivity contribution >= 4 is 17.4 Å². The zero-order valence-corrected chi connectivity index (χ0v) is 14.8. The summed E-state index contributed by atoms with van der Waals surface area (Å²) in [6, 6.07) is 9.75. The fraction of sp³-hybridized carbons (Fsp3) is 0.294. The summed E-state index contributed by atoms with van der Waals surface area (Å²) in [4.78, 5) is 0.150. The average molecular weight is 373 g/mol. The molecule has 0 atom stereocenters.